The van der Waals surface area contributed by atoms with E-state index >= 15 is 0 Å². The lowest BCUT2D eigenvalue weighted by Gasteiger charge is -2.38. The van der Waals surface area contributed by atoms with Crippen molar-refractivity contribution in [1.29, 1.82) is 0 Å². The molecule has 0 aromatic heterocycles. The normalized spacial score (nSPS) is 19.5. The summed E-state index contributed by atoms with van der Waals surface area (Å²) in [6.07, 6.45) is 5.29. The largest absolute Gasteiger partial charge is 0.493 e. The molecule has 1 aromatic rings. The van der Waals surface area contributed by atoms with Gasteiger partial charge in [0, 0.05) is 37.8 Å². The van der Waals surface area contributed by atoms with Gasteiger partial charge in [-0.3, -0.25) is 9.69 Å². The number of benzene rings is 1. The topological polar surface area (TPSA) is 42.0 Å². The average Bonchev–Trinajstić information content (AvgIpc) is 3.15. The van der Waals surface area contributed by atoms with Crippen LogP contribution < -0.4 is 9.47 Å². The fourth-order valence-corrected chi connectivity index (χ4v) is 4.07. The molecule has 1 amide bonds. The maximum Gasteiger partial charge on any atom is 0.254 e. The maximum atomic E-state index is 12.8. The van der Waals surface area contributed by atoms with E-state index in [1.165, 1.54) is 32.8 Å². The Kier molecular flexibility index (Phi) is 5.51. The molecule has 5 nitrogen and oxygen atoms in total. The highest BCUT2D eigenvalue weighted by atomic mass is 35.5. The number of hydrogen-bond acceptors (Lipinski definition) is 4. The number of rotatable bonds is 4. The quantitative estimate of drug-likeness (QED) is 0.835. The standard InChI is InChI=1S/C18H25ClN2O3/c1-23-16-12-13(11-15(19)17(16)24-2)18(22)21-9-7-20(8-10-21)14-5-3-4-6-14/h11-12,14H,3-10H2,1-2H3. The van der Waals surface area contributed by atoms with E-state index in [9.17, 15) is 4.79 Å². The van der Waals surface area contributed by atoms with Gasteiger partial charge in [0.2, 0.25) is 0 Å². The van der Waals surface area contributed by atoms with E-state index in [-0.39, 0.29) is 5.91 Å². The van der Waals surface area contributed by atoms with E-state index in [4.69, 9.17) is 21.1 Å². The fourth-order valence-electron chi connectivity index (χ4n) is 3.78. The molecule has 0 spiro atoms. The van der Waals surface area contributed by atoms with Crippen LogP contribution in [-0.2, 0) is 0 Å². The minimum Gasteiger partial charge on any atom is -0.493 e. The number of nitrogens with zero attached hydrogens (tertiary/aromatic N) is 2. The Hall–Kier alpha value is -1.46. The molecular weight excluding hydrogens is 328 g/mol. The van der Waals surface area contributed by atoms with E-state index in [2.05, 4.69) is 4.90 Å². The van der Waals surface area contributed by atoms with Gasteiger partial charge < -0.3 is 14.4 Å². The lowest BCUT2D eigenvalue weighted by molar-refractivity contribution is 0.0573. The zero-order valence-electron chi connectivity index (χ0n) is 14.4. The Labute approximate surface area is 148 Å². The summed E-state index contributed by atoms with van der Waals surface area (Å²) in [7, 11) is 3.08. The molecule has 2 fully saturated rings. The first-order valence-corrected chi connectivity index (χ1v) is 8.96. The van der Waals surface area contributed by atoms with E-state index in [0.717, 1.165) is 32.2 Å². The van der Waals surface area contributed by atoms with Gasteiger partial charge in [-0.15, -0.1) is 0 Å². The SMILES string of the molecule is COc1cc(C(=O)N2CCN(C3CCCC3)CC2)cc(Cl)c1OC. The Balaban J connectivity index is 1.68. The smallest absolute Gasteiger partial charge is 0.254 e. The monoisotopic (exact) mass is 352 g/mol. The van der Waals surface area contributed by atoms with Crippen LogP contribution in [0.25, 0.3) is 0 Å². The van der Waals surface area contributed by atoms with Gasteiger partial charge in [0.1, 0.15) is 0 Å². The van der Waals surface area contributed by atoms with E-state index in [0.29, 0.717) is 22.1 Å². The first-order valence-electron chi connectivity index (χ1n) is 8.59. The summed E-state index contributed by atoms with van der Waals surface area (Å²) >= 11 is 6.22. The second-order valence-corrected chi connectivity index (χ2v) is 6.87. The molecule has 1 aliphatic heterocycles. The fraction of sp³-hybridized carbons (Fsp3) is 0.611. The molecule has 6 heteroatoms. The summed E-state index contributed by atoms with van der Waals surface area (Å²) in [5, 5.41) is 0.393. The zero-order chi connectivity index (χ0) is 17.1. The highest BCUT2D eigenvalue weighted by Gasteiger charge is 2.28. The van der Waals surface area contributed by atoms with Crippen LogP contribution in [0.2, 0.25) is 5.02 Å². The number of halogens is 1. The first-order chi connectivity index (χ1) is 11.6. The third kappa shape index (κ3) is 3.47. The van der Waals surface area contributed by atoms with E-state index in [1.54, 1.807) is 19.2 Å². The van der Waals surface area contributed by atoms with Crippen molar-refractivity contribution >= 4 is 17.5 Å². The van der Waals surface area contributed by atoms with Crippen molar-refractivity contribution in [2.45, 2.75) is 31.7 Å². The molecule has 3 rings (SSSR count). The van der Waals surface area contributed by atoms with Crippen molar-refractivity contribution in [3.63, 3.8) is 0 Å². The van der Waals surface area contributed by atoms with Crippen LogP contribution in [0.1, 0.15) is 36.0 Å². The van der Waals surface area contributed by atoms with Gasteiger partial charge in [0.15, 0.2) is 11.5 Å². The van der Waals surface area contributed by atoms with Gasteiger partial charge >= 0.3 is 0 Å². The lowest BCUT2D eigenvalue weighted by Crippen LogP contribution is -2.51. The van der Waals surface area contributed by atoms with Crippen molar-refractivity contribution in [3.8, 4) is 11.5 Å². The molecule has 0 radical (unpaired) electrons. The van der Waals surface area contributed by atoms with Crippen LogP contribution in [0.5, 0.6) is 11.5 Å². The van der Waals surface area contributed by atoms with Crippen LogP contribution in [0.3, 0.4) is 0 Å². The number of carbonyl (C=O) groups is 1. The van der Waals surface area contributed by atoms with E-state index in [1.807, 2.05) is 4.90 Å². The zero-order valence-corrected chi connectivity index (χ0v) is 15.1. The second kappa shape index (κ2) is 7.62. The predicted molar refractivity (Wildman–Crippen MR) is 94.3 cm³/mol. The molecule has 1 saturated carbocycles. The number of ether oxygens (including phenoxy) is 2. The molecule has 24 heavy (non-hydrogen) atoms. The van der Waals surface area contributed by atoms with Crippen molar-refractivity contribution in [1.82, 2.24) is 9.80 Å². The Morgan fingerprint density at radius 3 is 2.33 bits per heavy atom. The number of methoxy groups -OCH3 is 2. The van der Waals surface area contributed by atoms with Gasteiger partial charge in [0.25, 0.3) is 5.91 Å². The minimum atomic E-state index is 0.00363. The Bertz CT molecular complexity index is 594. The number of hydrogen-bond donors (Lipinski definition) is 0. The molecule has 0 unspecified atom stereocenters. The summed E-state index contributed by atoms with van der Waals surface area (Å²) in [6, 6.07) is 4.09. The van der Waals surface area contributed by atoms with Gasteiger partial charge in [0.05, 0.1) is 19.2 Å². The van der Waals surface area contributed by atoms with Gasteiger partial charge in [-0.05, 0) is 25.0 Å². The maximum absolute atomic E-state index is 12.8. The molecule has 1 aliphatic carbocycles. The van der Waals surface area contributed by atoms with Crippen LogP contribution in [0.4, 0.5) is 0 Å². The Morgan fingerprint density at radius 1 is 1.08 bits per heavy atom. The van der Waals surface area contributed by atoms with Crippen molar-refractivity contribution in [2.24, 2.45) is 0 Å². The molecule has 0 N–H and O–H groups in total. The van der Waals surface area contributed by atoms with Crippen molar-refractivity contribution < 1.29 is 14.3 Å². The van der Waals surface area contributed by atoms with Crippen LogP contribution in [0.15, 0.2) is 12.1 Å². The van der Waals surface area contributed by atoms with Crippen molar-refractivity contribution in [2.75, 3.05) is 40.4 Å². The van der Waals surface area contributed by atoms with Gasteiger partial charge in [-0.25, -0.2) is 0 Å². The van der Waals surface area contributed by atoms with Gasteiger partial charge in [-0.1, -0.05) is 24.4 Å². The summed E-state index contributed by atoms with van der Waals surface area (Å²) in [4.78, 5) is 17.2. The van der Waals surface area contributed by atoms with Gasteiger partial charge in [-0.2, -0.15) is 0 Å². The second-order valence-electron chi connectivity index (χ2n) is 6.46. The van der Waals surface area contributed by atoms with Crippen molar-refractivity contribution in [3.05, 3.63) is 22.7 Å². The molecular formula is C18H25ClN2O3. The Morgan fingerprint density at radius 2 is 1.75 bits per heavy atom. The predicted octanol–water partition coefficient (Wildman–Crippen LogP) is 3.06. The molecule has 1 saturated heterocycles. The first kappa shape index (κ1) is 17.4. The number of amides is 1. The third-order valence-corrected chi connectivity index (χ3v) is 5.40. The molecule has 1 aromatic carbocycles. The third-order valence-electron chi connectivity index (χ3n) is 5.12. The number of piperazine rings is 1. The molecule has 2 aliphatic rings. The molecule has 0 atom stereocenters. The highest BCUT2D eigenvalue weighted by Crippen LogP contribution is 2.36. The summed E-state index contributed by atoms with van der Waals surface area (Å²) < 4.78 is 10.5. The molecule has 0 bridgehead atoms. The summed E-state index contributed by atoms with van der Waals surface area (Å²) in [5.41, 5.74) is 0.548. The molecule has 132 valence electrons. The summed E-state index contributed by atoms with van der Waals surface area (Å²) in [5.74, 6) is 0.948. The van der Waals surface area contributed by atoms with Crippen LogP contribution >= 0.6 is 11.6 Å². The molecule has 1 heterocycles. The van der Waals surface area contributed by atoms with Crippen LogP contribution in [0, 0.1) is 0 Å². The summed E-state index contributed by atoms with van der Waals surface area (Å²) in [6.45, 7) is 3.44. The highest BCUT2D eigenvalue weighted by molar-refractivity contribution is 6.32. The number of carbonyl (C=O) groups excluding carboxylic acids is 1. The minimum absolute atomic E-state index is 0.00363. The average molecular weight is 353 g/mol. The van der Waals surface area contributed by atoms with E-state index < -0.39 is 0 Å². The lowest BCUT2D eigenvalue weighted by atomic mass is 10.1. The van der Waals surface area contributed by atoms with Crippen LogP contribution in [-0.4, -0.2) is 62.1 Å².